The molecule has 9 atom stereocenters. The third-order valence-corrected chi connectivity index (χ3v) is 10.9. The molecule has 4 aliphatic rings. The zero-order chi connectivity index (χ0) is 19.4. The number of rotatable bonds is 4. The predicted molar refractivity (Wildman–Crippen MR) is 118 cm³/mol. The lowest BCUT2D eigenvalue weighted by molar-refractivity contribution is -0.0861. The highest BCUT2D eigenvalue weighted by molar-refractivity contribution is 5.08. The van der Waals surface area contributed by atoms with Crippen LogP contribution in [-0.4, -0.2) is 0 Å². The molecule has 0 aliphatic heterocycles. The first-order valence-electron chi connectivity index (χ1n) is 12.8. The lowest BCUT2D eigenvalue weighted by Gasteiger charge is -2.58. The summed E-state index contributed by atoms with van der Waals surface area (Å²) in [5.74, 6) is 8.21. The maximum absolute atomic E-state index is 2.72. The molecule has 0 spiro atoms. The van der Waals surface area contributed by atoms with E-state index in [1.165, 1.54) is 19.3 Å². The Morgan fingerprint density at radius 3 is 2.33 bits per heavy atom. The Labute approximate surface area is 170 Å². The molecular weight excluding hydrogens is 324 g/mol. The molecule has 27 heavy (non-hydrogen) atoms. The second kappa shape index (κ2) is 7.36. The molecule has 0 radical (unpaired) electrons. The Morgan fingerprint density at radius 2 is 1.67 bits per heavy atom. The van der Waals surface area contributed by atoms with E-state index in [0.29, 0.717) is 5.41 Å². The highest BCUT2D eigenvalue weighted by atomic mass is 14.6. The smallest absolute Gasteiger partial charge is 0.0261 e. The highest BCUT2D eigenvalue weighted by Crippen LogP contribution is 2.67. The van der Waals surface area contributed by atoms with Crippen molar-refractivity contribution in [3.05, 3.63) is 0 Å². The van der Waals surface area contributed by atoms with Crippen molar-refractivity contribution >= 4 is 0 Å². The molecule has 0 aromatic carbocycles. The SMILES string of the molecule is CCC[C@@]1(CC)CC[C@H]2[C@H](CC[C@@H]3[C@@H]2CC[C@@]2(C)[C@H]3C[C@@H](C)[C@@H]2C(C)C)C1. The van der Waals surface area contributed by atoms with Crippen LogP contribution in [0, 0.1) is 58.2 Å². The molecule has 0 amide bonds. The van der Waals surface area contributed by atoms with E-state index in [4.69, 9.17) is 0 Å². The van der Waals surface area contributed by atoms with Crippen molar-refractivity contribution in [2.24, 2.45) is 58.2 Å². The summed E-state index contributed by atoms with van der Waals surface area (Å²) >= 11 is 0. The van der Waals surface area contributed by atoms with E-state index in [2.05, 4.69) is 41.5 Å². The quantitative estimate of drug-likeness (QED) is 0.465. The van der Waals surface area contributed by atoms with Gasteiger partial charge in [0.25, 0.3) is 0 Å². The van der Waals surface area contributed by atoms with Crippen molar-refractivity contribution in [2.45, 2.75) is 112 Å². The minimum atomic E-state index is 0.658. The summed E-state index contributed by atoms with van der Waals surface area (Å²) < 4.78 is 0. The average Bonchev–Trinajstić information content (AvgIpc) is 2.91. The third kappa shape index (κ3) is 3.15. The van der Waals surface area contributed by atoms with E-state index in [1.807, 2.05) is 0 Å². The van der Waals surface area contributed by atoms with Crippen LogP contribution in [0.4, 0.5) is 0 Å². The summed E-state index contributed by atoms with van der Waals surface area (Å²) in [4.78, 5) is 0. The number of hydrogen-bond acceptors (Lipinski definition) is 0. The fourth-order valence-electron chi connectivity index (χ4n) is 10.1. The Morgan fingerprint density at radius 1 is 0.926 bits per heavy atom. The van der Waals surface area contributed by atoms with Gasteiger partial charge in [-0.15, -0.1) is 0 Å². The first kappa shape index (κ1) is 20.3. The molecule has 0 aromatic heterocycles. The van der Waals surface area contributed by atoms with Crippen molar-refractivity contribution in [3.63, 3.8) is 0 Å². The first-order valence-corrected chi connectivity index (χ1v) is 12.8. The van der Waals surface area contributed by atoms with E-state index in [9.17, 15) is 0 Å². The van der Waals surface area contributed by atoms with Gasteiger partial charge in [-0.1, -0.05) is 54.4 Å². The summed E-state index contributed by atoms with van der Waals surface area (Å²) in [6.45, 7) is 15.2. The molecule has 0 heteroatoms. The van der Waals surface area contributed by atoms with Crippen LogP contribution in [0.2, 0.25) is 0 Å². The summed E-state index contributed by atoms with van der Waals surface area (Å²) in [6.07, 6.45) is 16.9. The second-order valence-corrected chi connectivity index (χ2v) is 12.3. The van der Waals surface area contributed by atoms with Crippen molar-refractivity contribution in [3.8, 4) is 0 Å². The van der Waals surface area contributed by atoms with E-state index < -0.39 is 0 Å². The van der Waals surface area contributed by atoms with Crippen LogP contribution in [0.15, 0.2) is 0 Å². The van der Waals surface area contributed by atoms with Gasteiger partial charge in [-0.2, -0.15) is 0 Å². The molecule has 0 unspecified atom stereocenters. The Balaban J connectivity index is 1.52. The molecule has 156 valence electrons. The van der Waals surface area contributed by atoms with E-state index in [0.717, 1.165) is 52.8 Å². The second-order valence-electron chi connectivity index (χ2n) is 12.3. The van der Waals surface area contributed by atoms with Gasteiger partial charge in [0.2, 0.25) is 0 Å². The molecule has 0 heterocycles. The molecule has 0 saturated heterocycles. The first-order chi connectivity index (χ1) is 12.8. The largest absolute Gasteiger partial charge is 0.0654 e. The zero-order valence-electron chi connectivity index (χ0n) is 19.4. The van der Waals surface area contributed by atoms with Gasteiger partial charge in [0.05, 0.1) is 0 Å². The molecular formula is C27H48. The van der Waals surface area contributed by atoms with Crippen LogP contribution >= 0.6 is 0 Å². The van der Waals surface area contributed by atoms with Crippen LogP contribution in [-0.2, 0) is 0 Å². The van der Waals surface area contributed by atoms with Gasteiger partial charge in [0.1, 0.15) is 0 Å². The fourth-order valence-corrected chi connectivity index (χ4v) is 10.1. The number of hydrogen-bond donors (Lipinski definition) is 0. The van der Waals surface area contributed by atoms with Crippen LogP contribution in [0.5, 0.6) is 0 Å². The summed E-state index contributed by atoms with van der Waals surface area (Å²) in [7, 11) is 0. The Bertz CT molecular complexity index is 520. The van der Waals surface area contributed by atoms with Gasteiger partial charge in [-0.25, -0.2) is 0 Å². The van der Waals surface area contributed by atoms with Crippen LogP contribution < -0.4 is 0 Å². The van der Waals surface area contributed by atoms with Crippen molar-refractivity contribution < 1.29 is 0 Å². The van der Waals surface area contributed by atoms with E-state index in [1.54, 1.807) is 51.4 Å². The minimum Gasteiger partial charge on any atom is -0.0654 e. The molecule has 4 rings (SSSR count). The molecule has 0 aromatic rings. The van der Waals surface area contributed by atoms with Gasteiger partial charge < -0.3 is 0 Å². The molecule has 4 fully saturated rings. The van der Waals surface area contributed by atoms with Crippen molar-refractivity contribution in [1.29, 1.82) is 0 Å². The third-order valence-electron chi connectivity index (χ3n) is 10.9. The number of fused-ring (bicyclic) bond motifs is 5. The summed E-state index contributed by atoms with van der Waals surface area (Å²) in [5.41, 5.74) is 1.38. The zero-order valence-corrected chi connectivity index (χ0v) is 19.4. The van der Waals surface area contributed by atoms with E-state index >= 15 is 0 Å². The maximum atomic E-state index is 2.72. The summed E-state index contributed by atoms with van der Waals surface area (Å²) in [5, 5.41) is 0. The average molecular weight is 373 g/mol. The van der Waals surface area contributed by atoms with Gasteiger partial charge in [0, 0.05) is 0 Å². The van der Waals surface area contributed by atoms with Gasteiger partial charge in [0.15, 0.2) is 0 Å². The molecule has 0 N–H and O–H groups in total. The van der Waals surface area contributed by atoms with Crippen molar-refractivity contribution in [1.82, 2.24) is 0 Å². The van der Waals surface area contributed by atoms with Crippen LogP contribution in [0.25, 0.3) is 0 Å². The molecule has 0 nitrogen and oxygen atoms in total. The molecule has 4 saturated carbocycles. The van der Waals surface area contributed by atoms with Gasteiger partial charge in [-0.3, -0.25) is 0 Å². The van der Waals surface area contributed by atoms with Crippen molar-refractivity contribution in [2.75, 3.05) is 0 Å². The van der Waals surface area contributed by atoms with Gasteiger partial charge >= 0.3 is 0 Å². The predicted octanol–water partition coefficient (Wildman–Crippen LogP) is 8.35. The summed E-state index contributed by atoms with van der Waals surface area (Å²) in [6, 6.07) is 0. The standard InChI is InChI=1S/C27H48/c1-7-13-27(8-2)15-12-21-20(17-27)9-10-23-22(21)11-14-26(6)24(23)16-19(5)25(26)18(3)4/h18-25H,7-17H2,1-6H3/t19-,20-,21+,22-,23-,24+,25+,26+,27+/m1/s1. The highest BCUT2D eigenvalue weighted by Gasteiger charge is 2.59. The fraction of sp³-hybridized carbons (Fsp3) is 1.00. The van der Waals surface area contributed by atoms with Crippen LogP contribution in [0.3, 0.4) is 0 Å². The normalized spacial score (nSPS) is 52.3. The van der Waals surface area contributed by atoms with Crippen LogP contribution in [0.1, 0.15) is 112 Å². The topological polar surface area (TPSA) is 0 Å². The monoisotopic (exact) mass is 372 g/mol. The Hall–Kier alpha value is 0. The maximum Gasteiger partial charge on any atom is -0.0261 e. The lowest BCUT2D eigenvalue weighted by atomic mass is 9.47. The molecule has 0 bridgehead atoms. The Kier molecular flexibility index (Phi) is 5.53. The molecule has 4 aliphatic carbocycles. The van der Waals surface area contributed by atoms with E-state index in [-0.39, 0.29) is 0 Å². The lowest BCUT2D eigenvalue weighted by Crippen LogP contribution is -2.50. The minimum absolute atomic E-state index is 0.658. The van der Waals surface area contributed by atoms with Gasteiger partial charge in [-0.05, 0) is 116 Å².